The van der Waals surface area contributed by atoms with Gasteiger partial charge in [-0.15, -0.1) is 0 Å². The van der Waals surface area contributed by atoms with Gasteiger partial charge in [0.05, 0.1) is 11.1 Å². The normalized spacial score (nSPS) is 12.1. The van der Waals surface area contributed by atoms with Crippen molar-refractivity contribution in [1.82, 2.24) is 4.40 Å². The summed E-state index contributed by atoms with van der Waals surface area (Å²) >= 11 is 5.79. The molecule has 2 aromatic carbocycles. The minimum absolute atomic E-state index is 0.0184. The number of rotatable bonds is 8. The number of benzene rings is 2. The van der Waals surface area contributed by atoms with E-state index in [1.807, 2.05) is 60.0 Å². The van der Waals surface area contributed by atoms with Crippen LogP contribution in [0.4, 0.5) is 0 Å². The molecule has 4 rings (SSSR count). The van der Waals surface area contributed by atoms with E-state index in [1.54, 1.807) is 0 Å². The molecule has 0 unspecified atom stereocenters. The van der Waals surface area contributed by atoms with Crippen molar-refractivity contribution in [3.8, 4) is 5.75 Å². The van der Waals surface area contributed by atoms with Crippen LogP contribution in [0.1, 0.15) is 92.3 Å². The molecule has 4 aromatic rings. The number of carbonyl (C=O) groups excluding carboxylic acids is 2. The molecule has 0 N–H and O–H groups in total. The highest BCUT2D eigenvalue weighted by atomic mass is 35.5. The van der Waals surface area contributed by atoms with Crippen LogP contribution in [0.15, 0.2) is 66.9 Å². The quantitative estimate of drug-likeness (QED) is 0.128. The van der Waals surface area contributed by atoms with Gasteiger partial charge in [0.2, 0.25) is 5.78 Å². The number of hydrogen-bond acceptors (Lipinski definition) is 3. The second kappa shape index (κ2) is 11.0. The third-order valence-electron chi connectivity index (χ3n) is 7.23. The molecule has 0 radical (unpaired) electrons. The van der Waals surface area contributed by atoms with Crippen LogP contribution in [-0.4, -0.2) is 15.4 Å². The van der Waals surface area contributed by atoms with E-state index in [9.17, 15) is 9.59 Å². The third kappa shape index (κ3) is 6.12. The highest BCUT2D eigenvalue weighted by Crippen LogP contribution is 2.36. The Hall–Kier alpha value is -3.37. The third-order valence-corrected chi connectivity index (χ3v) is 7.40. The van der Waals surface area contributed by atoms with Crippen molar-refractivity contribution in [2.45, 2.75) is 78.7 Å². The number of ether oxygens (including phenoxy) is 1. The molecule has 0 atom stereocenters. The van der Waals surface area contributed by atoms with Gasteiger partial charge in [0.15, 0.2) is 0 Å². The summed E-state index contributed by atoms with van der Waals surface area (Å²) in [6.45, 7) is 15.7. The first-order valence-electron chi connectivity index (χ1n) is 13.5. The lowest BCUT2D eigenvalue weighted by Crippen LogP contribution is -2.17. The molecule has 0 amide bonds. The van der Waals surface area contributed by atoms with Gasteiger partial charge in [0.1, 0.15) is 12.4 Å². The summed E-state index contributed by atoms with van der Waals surface area (Å²) in [7, 11) is 0. The summed E-state index contributed by atoms with van der Waals surface area (Å²) in [5.74, 6) is -0.158. The van der Waals surface area contributed by atoms with Crippen molar-refractivity contribution in [2.24, 2.45) is 0 Å². The molecule has 0 bridgehead atoms. The number of hydrogen-bond donors (Lipinski definition) is 0. The van der Waals surface area contributed by atoms with Crippen molar-refractivity contribution in [1.29, 1.82) is 0 Å². The molecule has 0 aliphatic carbocycles. The minimum atomic E-state index is -0.994. The molecule has 2 aromatic heterocycles. The molecule has 0 saturated carbocycles. The van der Waals surface area contributed by atoms with Gasteiger partial charge >= 0.3 is 0 Å². The lowest BCUT2D eigenvalue weighted by atomic mass is 9.79. The Bertz CT molecular complexity index is 1490. The predicted molar refractivity (Wildman–Crippen MR) is 159 cm³/mol. The number of nitrogens with zero attached hydrogens (tertiary/aromatic N) is 1. The Morgan fingerprint density at radius 2 is 1.46 bits per heavy atom. The number of fused-ring (bicyclic) bond motifs is 1. The first-order chi connectivity index (χ1) is 18.3. The molecule has 4 nitrogen and oxygen atoms in total. The van der Waals surface area contributed by atoms with E-state index in [2.05, 4.69) is 59.7 Å². The monoisotopic (exact) mass is 543 g/mol. The summed E-state index contributed by atoms with van der Waals surface area (Å²) in [5.41, 5.74) is 7.37. The van der Waals surface area contributed by atoms with E-state index in [-0.39, 0.29) is 10.8 Å². The van der Waals surface area contributed by atoms with Crippen LogP contribution >= 0.6 is 11.6 Å². The Kier molecular flexibility index (Phi) is 8.09. The second-order valence-electron chi connectivity index (χ2n) is 12.2. The van der Waals surface area contributed by atoms with Gasteiger partial charge < -0.3 is 9.14 Å². The molecule has 0 spiro atoms. The summed E-state index contributed by atoms with van der Waals surface area (Å²) in [5, 5.41) is -0.994. The smallest absolute Gasteiger partial charge is 0.293 e. The molecule has 0 aliphatic rings. The first kappa shape index (κ1) is 28.6. The van der Waals surface area contributed by atoms with Crippen LogP contribution in [0.3, 0.4) is 0 Å². The number of carbonyl (C=O) groups is 2. The van der Waals surface area contributed by atoms with Gasteiger partial charge in [-0.2, -0.15) is 0 Å². The highest BCUT2D eigenvalue weighted by molar-refractivity contribution is 6.83. The minimum Gasteiger partial charge on any atom is -0.487 e. The van der Waals surface area contributed by atoms with E-state index < -0.39 is 11.0 Å². The summed E-state index contributed by atoms with van der Waals surface area (Å²) in [4.78, 5) is 25.4. The molecule has 2 heterocycles. The molecule has 0 fully saturated rings. The summed E-state index contributed by atoms with van der Waals surface area (Å²) in [6, 6.07) is 20.4. The van der Waals surface area contributed by atoms with Crippen LogP contribution in [0, 0.1) is 0 Å². The van der Waals surface area contributed by atoms with Crippen molar-refractivity contribution in [2.75, 3.05) is 0 Å². The first-order valence-corrected chi connectivity index (χ1v) is 13.9. The fourth-order valence-electron chi connectivity index (χ4n) is 5.01. The summed E-state index contributed by atoms with van der Waals surface area (Å²) in [6.07, 6.45) is 3.11. The van der Waals surface area contributed by atoms with Crippen LogP contribution in [-0.2, 0) is 35.1 Å². The van der Waals surface area contributed by atoms with Gasteiger partial charge in [-0.25, -0.2) is 0 Å². The van der Waals surface area contributed by atoms with E-state index in [0.717, 1.165) is 22.4 Å². The van der Waals surface area contributed by atoms with Gasteiger partial charge in [0, 0.05) is 18.3 Å². The van der Waals surface area contributed by atoms with Gasteiger partial charge in [-0.3, -0.25) is 9.59 Å². The van der Waals surface area contributed by atoms with Gasteiger partial charge in [-0.1, -0.05) is 97.0 Å². The van der Waals surface area contributed by atoms with Crippen molar-refractivity contribution in [3.63, 3.8) is 0 Å². The maximum Gasteiger partial charge on any atom is 0.293 e. The van der Waals surface area contributed by atoms with E-state index in [1.165, 1.54) is 11.1 Å². The SMILES string of the molecule is CCc1c(C(=O)C(=O)Cl)c2c(OCc3ccccc3)cccn2c1Cc1cc(C(C)(C)C)cc(C(C)(C)C)c1. The zero-order chi connectivity index (χ0) is 28.5. The van der Waals surface area contributed by atoms with Crippen LogP contribution in [0.25, 0.3) is 5.52 Å². The molecular formula is C34H38ClNO3. The van der Waals surface area contributed by atoms with E-state index >= 15 is 0 Å². The Labute approximate surface area is 237 Å². The summed E-state index contributed by atoms with van der Waals surface area (Å²) < 4.78 is 8.25. The lowest BCUT2D eigenvalue weighted by Gasteiger charge is -2.26. The molecular weight excluding hydrogens is 506 g/mol. The largest absolute Gasteiger partial charge is 0.487 e. The topological polar surface area (TPSA) is 47.8 Å². The molecule has 204 valence electrons. The van der Waals surface area contributed by atoms with Crippen LogP contribution in [0.5, 0.6) is 5.75 Å². The zero-order valence-electron chi connectivity index (χ0n) is 24.0. The maximum absolute atomic E-state index is 13.3. The zero-order valence-corrected chi connectivity index (χ0v) is 24.8. The number of ketones is 1. The fourth-order valence-corrected chi connectivity index (χ4v) is 5.11. The fraction of sp³-hybridized carbons (Fsp3) is 0.353. The Balaban J connectivity index is 1.91. The van der Waals surface area contributed by atoms with Gasteiger partial charge in [-0.05, 0) is 68.8 Å². The standard InChI is InChI=1S/C34H38ClNO3/c1-8-26-27(19-23-17-24(33(2,3)4)20-25(18-23)34(5,6)7)36-16-12-15-28(30(36)29(26)31(37)32(35)38)39-21-22-13-10-9-11-14-22/h9-18,20H,8,19,21H2,1-7H3. The molecule has 5 heteroatoms. The highest BCUT2D eigenvalue weighted by Gasteiger charge is 2.29. The van der Waals surface area contributed by atoms with E-state index in [4.69, 9.17) is 16.3 Å². The Morgan fingerprint density at radius 1 is 0.846 bits per heavy atom. The number of Topliss-reactive ketones (excluding diaryl/α,β-unsaturated/α-hetero) is 1. The Morgan fingerprint density at radius 3 is 2.00 bits per heavy atom. The number of pyridine rings is 1. The van der Waals surface area contributed by atoms with Crippen molar-refractivity contribution < 1.29 is 14.3 Å². The number of aromatic nitrogens is 1. The van der Waals surface area contributed by atoms with Crippen molar-refractivity contribution in [3.05, 3.63) is 106 Å². The van der Waals surface area contributed by atoms with Gasteiger partial charge in [0.25, 0.3) is 5.24 Å². The number of halogens is 1. The molecule has 0 saturated heterocycles. The second-order valence-corrected chi connectivity index (χ2v) is 12.6. The van der Waals surface area contributed by atoms with Crippen molar-refractivity contribution >= 4 is 28.1 Å². The predicted octanol–water partition coefficient (Wildman–Crippen LogP) is 8.21. The maximum atomic E-state index is 13.3. The average molecular weight is 544 g/mol. The molecule has 39 heavy (non-hydrogen) atoms. The lowest BCUT2D eigenvalue weighted by molar-refractivity contribution is -0.108. The van der Waals surface area contributed by atoms with Crippen LogP contribution in [0.2, 0.25) is 0 Å². The van der Waals surface area contributed by atoms with E-state index in [0.29, 0.717) is 36.3 Å². The molecule has 0 aliphatic heterocycles. The van der Waals surface area contributed by atoms with Crippen LogP contribution < -0.4 is 4.74 Å². The average Bonchev–Trinajstić information content (AvgIpc) is 3.19.